The number of rotatable bonds is 7. The SMILES string of the molecule is Cc1nc(N2CCC(C3CN(C4CC(C)(C(=O)O)C4)C3)C2)nc(NC(C)c2ccc(Cl)cc2Cl)c1Cl. The Balaban J connectivity index is 1.20. The van der Waals surface area contributed by atoms with Gasteiger partial charge < -0.3 is 15.3 Å². The molecule has 0 amide bonds. The van der Waals surface area contributed by atoms with Crippen molar-refractivity contribution in [1.29, 1.82) is 0 Å². The molecule has 0 bridgehead atoms. The standard InChI is InChI=1S/C26H32Cl3N5O2/c1-14(20-5-4-18(27)8-21(20)28)30-23-22(29)15(2)31-25(32-23)33-7-6-16(11-33)17-12-34(13-17)19-9-26(3,10-19)24(35)36/h4-5,8,14,16-17,19H,6-7,9-13H2,1-3H3,(H,35,36)(H,30,31,32). The van der Waals surface area contributed by atoms with E-state index in [1.807, 2.05) is 32.9 Å². The van der Waals surface area contributed by atoms with E-state index in [9.17, 15) is 9.90 Å². The number of anilines is 2. The highest BCUT2D eigenvalue weighted by molar-refractivity contribution is 6.35. The highest BCUT2D eigenvalue weighted by Crippen LogP contribution is 2.46. The minimum Gasteiger partial charge on any atom is -0.481 e. The Bertz CT molecular complexity index is 1170. The number of carboxylic acid groups (broad SMARTS) is 1. The Kier molecular flexibility index (Phi) is 7.05. The number of likely N-dealkylation sites (tertiary alicyclic amines) is 1. The molecule has 1 aromatic carbocycles. The third-order valence-electron chi connectivity index (χ3n) is 8.30. The van der Waals surface area contributed by atoms with Gasteiger partial charge in [-0.15, -0.1) is 0 Å². The summed E-state index contributed by atoms with van der Waals surface area (Å²) in [5.74, 6) is 1.87. The van der Waals surface area contributed by atoms with Crippen molar-refractivity contribution in [1.82, 2.24) is 14.9 Å². The third kappa shape index (κ3) is 4.87. The highest BCUT2D eigenvalue weighted by Gasteiger charge is 2.51. The Morgan fingerprint density at radius 1 is 1.17 bits per heavy atom. The maximum absolute atomic E-state index is 11.4. The number of aromatic nitrogens is 2. The molecule has 2 atom stereocenters. The van der Waals surface area contributed by atoms with Crippen LogP contribution in [0.5, 0.6) is 0 Å². The molecule has 3 aliphatic rings. The van der Waals surface area contributed by atoms with Gasteiger partial charge in [-0.25, -0.2) is 4.98 Å². The zero-order valence-corrected chi connectivity index (χ0v) is 23.0. The van der Waals surface area contributed by atoms with Gasteiger partial charge in [-0.2, -0.15) is 4.98 Å². The van der Waals surface area contributed by atoms with Crippen molar-refractivity contribution in [2.75, 3.05) is 36.4 Å². The van der Waals surface area contributed by atoms with Crippen LogP contribution in [0.3, 0.4) is 0 Å². The van der Waals surface area contributed by atoms with Gasteiger partial charge in [-0.05, 0) is 69.6 Å². The first-order valence-electron chi connectivity index (χ1n) is 12.5. The molecule has 2 aliphatic heterocycles. The summed E-state index contributed by atoms with van der Waals surface area (Å²) in [4.78, 5) is 25.6. The monoisotopic (exact) mass is 551 g/mol. The van der Waals surface area contributed by atoms with Crippen molar-refractivity contribution in [2.24, 2.45) is 17.3 Å². The topological polar surface area (TPSA) is 81.6 Å². The summed E-state index contributed by atoms with van der Waals surface area (Å²) in [5.41, 5.74) is 1.12. The fraction of sp³-hybridized carbons (Fsp3) is 0.577. The second-order valence-corrected chi connectivity index (χ2v) is 12.2. The number of halogens is 3. The Hall–Kier alpha value is -1.80. The molecule has 7 nitrogen and oxygen atoms in total. The second kappa shape index (κ2) is 9.82. The zero-order valence-electron chi connectivity index (χ0n) is 20.8. The number of aryl methyl sites for hydroxylation is 1. The van der Waals surface area contributed by atoms with E-state index in [2.05, 4.69) is 15.1 Å². The summed E-state index contributed by atoms with van der Waals surface area (Å²) in [5, 5.41) is 14.5. The van der Waals surface area contributed by atoms with Crippen LogP contribution in [-0.2, 0) is 4.79 Å². The molecule has 2 unspecified atom stereocenters. The van der Waals surface area contributed by atoms with Crippen LogP contribution < -0.4 is 10.2 Å². The summed E-state index contributed by atoms with van der Waals surface area (Å²) >= 11 is 19.0. The van der Waals surface area contributed by atoms with Gasteiger partial charge in [0.25, 0.3) is 0 Å². The molecule has 1 aliphatic carbocycles. The van der Waals surface area contributed by atoms with E-state index in [1.54, 1.807) is 6.07 Å². The van der Waals surface area contributed by atoms with Crippen molar-refractivity contribution in [3.8, 4) is 0 Å². The molecule has 36 heavy (non-hydrogen) atoms. The molecule has 3 heterocycles. The minimum absolute atomic E-state index is 0.115. The van der Waals surface area contributed by atoms with Crippen molar-refractivity contribution in [2.45, 2.75) is 52.1 Å². The zero-order chi connectivity index (χ0) is 25.8. The van der Waals surface area contributed by atoms with Gasteiger partial charge in [0.1, 0.15) is 5.02 Å². The molecule has 5 rings (SSSR count). The molecular formula is C26H32Cl3N5O2. The number of hydrogen-bond acceptors (Lipinski definition) is 6. The van der Waals surface area contributed by atoms with Gasteiger partial charge in [-0.3, -0.25) is 9.69 Å². The van der Waals surface area contributed by atoms with Gasteiger partial charge in [0, 0.05) is 42.3 Å². The maximum atomic E-state index is 11.4. The van der Waals surface area contributed by atoms with E-state index in [1.165, 1.54) is 0 Å². The van der Waals surface area contributed by atoms with Crippen LogP contribution in [0.2, 0.25) is 15.1 Å². The lowest BCUT2D eigenvalue weighted by Crippen LogP contribution is -2.61. The molecule has 0 spiro atoms. The van der Waals surface area contributed by atoms with Crippen LogP contribution in [0.25, 0.3) is 0 Å². The van der Waals surface area contributed by atoms with E-state index in [0.717, 1.165) is 56.7 Å². The number of hydrogen-bond donors (Lipinski definition) is 2. The van der Waals surface area contributed by atoms with Crippen molar-refractivity contribution < 1.29 is 9.90 Å². The average Bonchev–Trinajstić information content (AvgIpc) is 3.23. The van der Waals surface area contributed by atoms with Crippen LogP contribution in [-0.4, -0.2) is 58.2 Å². The lowest BCUT2D eigenvalue weighted by Gasteiger charge is -2.54. The molecule has 0 radical (unpaired) electrons. The molecular weight excluding hydrogens is 521 g/mol. The number of nitrogens with zero attached hydrogens (tertiary/aromatic N) is 4. The van der Waals surface area contributed by atoms with Crippen LogP contribution in [0, 0.1) is 24.2 Å². The minimum atomic E-state index is -0.667. The maximum Gasteiger partial charge on any atom is 0.309 e. The average molecular weight is 553 g/mol. The van der Waals surface area contributed by atoms with Crippen LogP contribution in [0.4, 0.5) is 11.8 Å². The van der Waals surface area contributed by atoms with Gasteiger partial charge in [0.15, 0.2) is 5.82 Å². The number of aliphatic carboxylic acids is 1. The van der Waals surface area contributed by atoms with Crippen molar-refractivity contribution in [3.05, 3.63) is 44.5 Å². The quantitative estimate of drug-likeness (QED) is 0.441. The van der Waals surface area contributed by atoms with E-state index >= 15 is 0 Å². The van der Waals surface area contributed by atoms with E-state index in [-0.39, 0.29) is 6.04 Å². The van der Waals surface area contributed by atoms with Gasteiger partial charge >= 0.3 is 5.97 Å². The lowest BCUT2D eigenvalue weighted by atomic mass is 9.65. The number of benzene rings is 1. The Morgan fingerprint density at radius 2 is 1.89 bits per heavy atom. The first-order chi connectivity index (χ1) is 17.0. The first kappa shape index (κ1) is 25.8. The fourth-order valence-electron chi connectivity index (χ4n) is 5.83. The molecule has 10 heteroatoms. The summed E-state index contributed by atoms with van der Waals surface area (Å²) < 4.78 is 0. The molecule has 2 saturated heterocycles. The smallest absolute Gasteiger partial charge is 0.309 e. The van der Waals surface area contributed by atoms with Crippen LogP contribution in [0.15, 0.2) is 18.2 Å². The highest BCUT2D eigenvalue weighted by atomic mass is 35.5. The number of carbonyl (C=O) groups is 1. The van der Waals surface area contributed by atoms with Crippen molar-refractivity contribution in [3.63, 3.8) is 0 Å². The molecule has 194 valence electrons. The molecule has 1 aromatic heterocycles. The van der Waals surface area contributed by atoms with E-state index in [0.29, 0.717) is 44.7 Å². The van der Waals surface area contributed by atoms with Crippen LogP contribution >= 0.6 is 34.8 Å². The Morgan fingerprint density at radius 3 is 2.56 bits per heavy atom. The number of nitrogens with one attached hydrogen (secondary N) is 1. The molecule has 3 fully saturated rings. The van der Waals surface area contributed by atoms with Crippen LogP contribution in [0.1, 0.15) is 50.4 Å². The van der Waals surface area contributed by atoms with Gasteiger partial charge in [0.2, 0.25) is 5.95 Å². The Labute approximate surface area is 227 Å². The second-order valence-electron chi connectivity index (χ2n) is 10.9. The van der Waals surface area contributed by atoms with Crippen molar-refractivity contribution >= 4 is 52.5 Å². The third-order valence-corrected chi connectivity index (χ3v) is 9.32. The summed E-state index contributed by atoms with van der Waals surface area (Å²) in [6.07, 6.45) is 2.64. The summed E-state index contributed by atoms with van der Waals surface area (Å²) in [6.45, 7) is 9.74. The normalized spacial score (nSPS) is 27.4. The fourth-order valence-corrected chi connectivity index (χ4v) is 6.54. The predicted octanol–water partition coefficient (Wildman–Crippen LogP) is 5.93. The first-order valence-corrected chi connectivity index (χ1v) is 13.7. The summed E-state index contributed by atoms with van der Waals surface area (Å²) in [6, 6.07) is 5.77. The van der Waals surface area contributed by atoms with E-state index < -0.39 is 11.4 Å². The molecule has 2 N–H and O–H groups in total. The number of carboxylic acids is 1. The molecule has 2 aromatic rings. The van der Waals surface area contributed by atoms with Gasteiger partial charge in [-0.1, -0.05) is 40.9 Å². The largest absolute Gasteiger partial charge is 0.481 e. The lowest BCUT2D eigenvalue weighted by molar-refractivity contribution is -0.160. The molecule has 1 saturated carbocycles. The van der Waals surface area contributed by atoms with Gasteiger partial charge in [0.05, 0.1) is 17.2 Å². The summed E-state index contributed by atoms with van der Waals surface area (Å²) in [7, 11) is 0. The van der Waals surface area contributed by atoms with E-state index in [4.69, 9.17) is 44.8 Å². The predicted molar refractivity (Wildman–Crippen MR) is 144 cm³/mol.